The zero-order valence-corrected chi connectivity index (χ0v) is 14.2. The Morgan fingerprint density at radius 2 is 1.96 bits per heavy atom. The highest BCUT2D eigenvalue weighted by atomic mass is 16.6. The molecule has 0 atom stereocenters. The van der Waals surface area contributed by atoms with Gasteiger partial charge in [0.15, 0.2) is 18.1 Å². The number of hydrazone groups is 1. The molecule has 0 fully saturated rings. The van der Waals surface area contributed by atoms with Gasteiger partial charge in [0.05, 0.1) is 6.21 Å². The molecular formula is C19H20N2O4. The first-order valence-corrected chi connectivity index (χ1v) is 8.03. The summed E-state index contributed by atoms with van der Waals surface area (Å²) in [6, 6.07) is 11.3. The van der Waals surface area contributed by atoms with Crippen LogP contribution in [0.2, 0.25) is 0 Å². The number of carbonyl (C=O) groups excluding carboxylic acids is 1. The largest absolute Gasteiger partial charge is 0.486 e. The van der Waals surface area contributed by atoms with Gasteiger partial charge in [-0.15, -0.1) is 0 Å². The predicted molar refractivity (Wildman–Crippen MR) is 94.6 cm³/mol. The molecule has 0 unspecified atom stereocenters. The molecule has 6 heteroatoms. The van der Waals surface area contributed by atoms with E-state index in [-0.39, 0.29) is 12.5 Å². The number of amides is 1. The quantitative estimate of drug-likeness (QED) is 0.671. The summed E-state index contributed by atoms with van der Waals surface area (Å²) in [5.74, 6) is 1.77. The number of fused-ring (bicyclic) bond motifs is 1. The van der Waals surface area contributed by atoms with Gasteiger partial charge in [0.2, 0.25) is 0 Å². The molecule has 1 aliphatic heterocycles. The molecule has 1 N–H and O–H groups in total. The lowest BCUT2D eigenvalue weighted by atomic mass is 10.1. The molecule has 1 heterocycles. The average Bonchev–Trinajstić information content (AvgIpc) is 2.62. The van der Waals surface area contributed by atoms with Crippen molar-refractivity contribution in [2.45, 2.75) is 13.8 Å². The van der Waals surface area contributed by atoms with Crippen LogP contribution in [0.4, 0.5) is 0 Å². The van der Waals surface area contributed by atoms with E-state index >= 15 is 0 Å². The number of aryl methyl sites for hydroxylation is 2. The molecule has 0 aliphatic carbocycles. The zero-order chi connectivity index (χ0) is 17.6. The molecule has 0 aromatic heterocycles. The van der Waals surface area contributed by atoms with Gasteiger partial charge in [-0.3, -0.25) is 4.79 Å². The summed E-state index contributed by atoms with van der Waals surface area (Å²) >= 11 is 0. The van der Waals surface area contributed by atoms with Crippen molar-refractivity contribution in [3.63, 3.8) is 0 Å². The lowest BCUT2D eigenvalue weighted by molar-refractivity contribution is -0.123. The fourth-order valence-corrected chi connectivity index (χ4v) is 2.36. The van der Waals surface area contributed by atoms with Crippen LogP contribution in [0.3, 0.4) is 0 Å². The highest BCUT2D eigenvalue weighted by Crippen LogP contribution is 2.30. The maximum atomic E-state index is 11.8. The third kappa shape index (κ3) is 4.50. The summed E-state index contributed by atoms with van der Waals surface area (Å²) in [4.78, 5) is 11.8. The van der Waals surface area contributed by atoms with Gasteiger partial charge in [-0.25, -0.2) is 5.43 Å². The second-order valence-corrected chi connectivity index (χ2v) is 5.75. The third-order valence-corrected chi connectivity index (χ3v) is 3.67. The Labute approximate surface area is 146 Å². The molecule has 1 aliphatic rings. The van der Waals surface area contributed by atoms with Crippen molar-refractivity contribution in [1.82, 2.24) is 5.43 Å². The highest BCUT2D eigenvalue weighted by molar-refractivity contribution is 5.83. The van der Waals surface area contributed by atoms with Gasteiger partial charge in [0.1, 0.15) is 19.0 Å². The van der Waals surface area contributed by atoms with Crippen molar-refractivity contribution in [1.29, 1.82) is 0 Å². The summed E-state index contributed by atoms with van der Waals surface area (Å²) in [6.45, 7) is 4.90. The highest BCUT2D eigenvalue weighted by Gasteiger charge is 2.11. The van der Waals surface area contributed by atoms with E-state index in [4.69, 9.17) is 14.2 Å². The SMILES string of the molecule is Cc1ccc(C)c(OCC(=O)N/N=C\c2ccc3c(c2)OCCO3)c1. The van der Waals surface area contributed by atoms with Crippen LogP contribution in [0.25, 0.3) is 0 Å². The van der Waals surface area contributed by atoms with Gasteiger partial charge < -0.3 is 14.2 Å². The number of nitrogens with one attached hydrogen (secondary N) is 1. The van der Waals surface area contributed by atoms with E-state index in [9.17, 15) is 4.79 Å². The minimum atomic E-state index is -0.324. The number of rotatable bonds is 5. The third-order valence-electron chi connectivity index (χ3n) is 3.67. The number of nitrogens with zero attached hydrogens (tertiary/aromatic N) is 1. The van der Waals surface area contributed by atoms with Crippen LogP contribution in [0.15, 0.2) is 41.5 Å². The summed E-state index contributed by atoms with van der Waals surface area (Å²) in [6.07, 6.45) is 1.55. The van der Waals surface area contributed by atoms with Crippen molar-refractivity contribution < 1.29 is 19.0 Å². The molecule has 0 spiro atoms. The van der Waals surface area contributed by atoms with E-state index in [0.29, 0.717) is 30.5 Å². The van der Waals surface area contributed by atoms with Crippen LogP contribution in [0.1, 0.15) is 16.7 Å². The number of hydrogen-bond donors (Lipinski definition) is 1. The van der Waals surface area contributed by atoms with Gasteiger partial charge in [-0.05, 0) is 54.8 Å². The van der Waals surface area contributed by atoms with E-state index in [0.717, 1.165) is 16.7 Å². The van der Waals surface area contributed by atoms with E-state index in [2.05, 4.69) is 10.5 Å². The summed E-state index contributed by atoms with van der Waals surface area (Å²) in [5, 5.41) is 3.94. The Balaban J connectivity index is 1.52. The molecule has 130 valence electrons. The van der Waals surface area contributed by atoms with E-state index < -0.39 is 0 Å². The smallest absolute Gasteiger partial charge is 0.277 e. The summed E-state index contributed by atoms with van der Waals surface area (Å²) in [7, 11) is 0. The molecule has 6 nitrogen and oxygen atoms in total. The predicted octanol–water partition coefficient (Wildman–Crippen LogP) is 2.60. The molecule has 3 rings (SSSR count). The van der Waals surface area contributed by atoms with Gasteiger partial charge in [-0.1, -0.05) is 12.1 Å². The van der Waals surface area contributed by atoms with Crippen LogP contribution >= 0.6 is 0 Å². The molecule has 25 heavy (non-hydrogen) atoms. The van der Waals surface area contributed by atoms with Gasteiger partial charge >= 0.3 is 0 Å². The standard InChI is InChI=1S/C19H20N2O4/c1-13-3-4-14(2)17(9-13)25-12-19(22)21-20-11-15-5-6-16-18(10-15)24-8-7-23-16/h3-6,9-11H,7-8,12H2,1-2H3,(H,21,22)/b20-11-. The fraction of sp³-hybridized carbons (Fsp3) is 0.263. The lowest BCUT2D eigenvalue weighted by Crippen LogP contribution is -2.24. The molecule has 0 radical (unpaired) electrons. The van der Waals surface area contributed by atoms with Crippen molar-refractivity contribution in [2.24, 2.45) is 5.10 Å². The Kier molecular flexibility index (Phi) is 5.18. The average molecular weight is 340 g/mol. The van der Waals surface area contributed by atoms with E-state index in [1.165, 1.54) is 0 Å². The second-order valence-electron chi connectivity index (χ2n) is 5.75. The molecular weight excluding hydrogens is 320 g/mol. The first-order chi connectivity index (χ1) is 12.1. The minimum Gasteiger partial charge on any atom is -0.486 e. The number of carbonyl (C=O) groups is 1. The van der Waals surface area contributed by atoms with Gasteiger partial charge in [0.25, 0.3) is 5.91 Å². The minimum absolute atomic E-state index is 0.0945. The van der Waals surface area contributed by atoms with Crippen molar-refractivity contribution in [3.05, 3.63) is 53.1 Å². The summed E-state index contributed by atoms with van der Waals surface area (Å²) in [5.41, 5.74) is 5.32. The summed E-state index contributed by atoms with van der Waals surface area (Å²) < 4.78 is 16.5. The second kappa shape index (κ2) is 7.70. The first kappa shape index (κ1) is 16.8. The Hall–Kier alpha value is -3.02. The normalized spacial score (nSPS) is 12.9. The Morgan fingerprint density at radius 3 is 2.80 bits per heavy atom. The molecule has 1 amide bonds. The fourth-order valence-electron chi connectivity index (χ4n) is 2.36. The molecule has 2 aromatic rings. The number of ether oxygens (including phenoxy) is 3. The molecule has 0 saturated carbocycles. The number of hydrogen-bond acceptors (Lipinski definition) is 5. The number of benzene rings is 2. The Bertz CT molecular complexity index is 802. The monoisotopic (exact) mass is 340 g/mol. The maximum Gasteiger partial charge on any atom is 0.277 e. The first-order valence-electron chi connectivity index (χ1n) is 8.03. The van der Waals surface area contributed by atoms with E-state index in [1.54, 1.807) is 6.21 Å². The van der Waals surface area contributed by atoms with Gasteiger partial charge in [0, 0.05) is 0 Å². The van der Waals surface area contributed by atoms with Crippen LogP contribution in [-0.2, 0) is 4.79 Å². The molecule has 0 bridgehead atoms. The lowest BCUT2D eigenvalue weighted by Gasteiger charge is -2.18. The maximum absolute atomic E-state index is 11.8. The zero-order valence-electron chi connectivity index (χ0n) is 14.2. The van der Waals surface area contributed by atoms with Crippen LogP contribution in [-0.4, -0.2) is 31.9 Å². The van der Waals surface area contributed by atoms with Crippen molar-refractivity contribution >= 4 is 12.1 Å². The Morgan fingerprint density at radius 1 is 1.16 bits per heavy atom. The van der Waals surface area contributed by atoms with Crippen molar-refractivity contribution in [2.75, 3.05) is 19.8 Å². The van der Waals surface area contributed by atoms with E-state index in [1.807, 2.05) is 50.2 Å². The molecule has 2 aromatic carbocycles. The van der Waals surface area contributed by atoms with Crippen molar-refractivity contribution in [3.8, 4) is 17.2 Å². The van der Waals surface area contributed by atoms with Crippen LogP contribution in [0, 0.1) is 13.8 Å². The van der Waals surface area contributed by atoms with Crippen LogP contribution < -0.4 is 19.6 Å². The topological polar surface area (TPSA) is 69.2 Å². The molecule has 0 saturated heterocycles. The van der Waals surface area contributed by atoms with Gasteiger partial charge in [-0.2, -0.15) is 5.10 Å². The van der Waals surface area contributed by atoms with Crippen LogP contribution in [0.5, 0.6) is 17.2 Å².